The van der Waals surface area contributed by atoms with Crippen LogP contribution in [0.4, 0.5) is 0 Å². The number of likely N-dealkylation sites (N-methyl/N-ethyl adjacent to an activating group) is 2. The second-order valence-corrected chi connectivity index (χ2v) is 5.06. The zero-order valence-electron chi connectivity index (χ0n) is 10.0. The van der Waals surface area contributed by atoms with Gasteiger partial charge in [-0.05, 0) is 39.3 Å². The number of nitrogens with one attached hydrogen (secondary N) is 1. The van der Waals surface area contributed by atoms with Crippen molar-refractivity contribution in [2.45, 2.75) is 37.8 Å². The third-order valence-electron chi connectivity index (χ3n) is 4.03. The van der Waals surface area contributed by atoms with Crippen molar-refractivity contribution in [2.24, 2.45) is 5.92 Å². The molecule has 1 aliphatic carbocycles. The lowest BCUT2D eigenvalue weighted by atomic mass is 9.84. The average molecular weight is 212 g/mol. The van der Waals surface area contributed by atoms with Crippen LogP contribution in [0.25, 0.3) is 0 Å². The molecule has 2 rings (SSSR count). The van der Waals surface area contributed by atoms with E-state index in [0.717, 1.165) is 25.6 Å². The second kappa shape index (κ2) is 5.28. The quantitative estimate of drug-likeness (QED) is 0.755. The molecule has 2 atom stereocenters. The smallest absolute Gasteiger partial charge is 0.0636 e. The van der Waals surface area contributed by atoms with E-state index in [1.807, 2.05) is 0 Å². The lowest BCUT2D eigenvalue weighted by molar-refractivity contribution is -0.000862. The van der Waals surface area contributed by atoms with Gasteiger partial charge in [0, 0.05) is 25.2 Å². The Bertz CT molecular complexity index is 194. The Kier molecular flexibility index (Phi) is 4.00. The Morgan fingerprint density at radius 2 is 2.13 bits per heavy atom. The molecule has 0 bridgehead atoms. The van der Waals surface area contributed by atoms with Crippen LogP contribution in [-0.4, -0.2) is 50.8 Å². The maximum absolute atomic E-state index is 5.59. The molecule has 1 saturated carbocycles. The Balaban J connectivity index is 1.82. The van der Waals surface area contributed by atoms with Crippen molar-refractivity contribution in [1.82, 2.24) is 10.2 Å². The van der Waals surface area contributed by atoms with Gasteiger partial charge in [0.2, 0.25) is 0 Å². The van der Waals surface area contributed by atoms with Crippen LogP contribution >= 0.6 is 0 Å². The lowest BCUT2D eigenvalue weighted by Crippen LogP contribution is -2.54. The van der Waals surface area contributed by atoms with Crippen molar-refractivity contribution in [3.8, 4) is 0 Å². The molecule has 0 radical (unpaired) electrons. The Labute approximate surface area is 93.2 Å². The first-order chi connectivity index (χ1) is 7.31. The van der Waals surface area contributed by atoms with Crippen LogP contribution < -0.4 is 5.32 Å². The van der Waals surface area contributed by atoms with E-state index >= 15 is 0 Å². The average Bonchev–Trinajstić information content (AvgIpc) is 2.23. The van der Waals surface area contributed by atoms with Gasteiger partial charge < -0.3 is 10.1 Å². The summed E-state index contributed by atoms with van der Waals surface area (Å²) in [6.45, 7) is 3.07. The van der Waals surface area contributed by atoms with Gasteiger partial charge in [-0.15, -0.1) is 0 Å². The molecular weight excluding hydrogens is 188 g/mol. The summed E-state index contributed by atoms with van der Waals surface area (Å²) in [5, 5.41) is 3.42. The Hall–Kier alpha value is -0.120. The van der Waals surface area contributed by atoms with Gasteiger partial charge in [0.15, 0.2) is 0 Å². The summed E-state index contributed by atoms with van der Waals surface area (Å²) in [6.07, 6.45) is 5.45. The number of hydrogen-bond acceptors (Lipinski definition) is 3. The summed E-state index contributed by atoms with van der Waals surface area (Å²) in [5.41, 5.74) is 0. The largest absolute Gasteiger partial charge is 0.380 e. The summed E-state index contributed by atoms with van der Waals surface area (Å²) in [4.78, 5) is 2.50. The van der Waals surface area contributed by atoms with E-state index in [4.69, 9.17) is 4.74 Å². The summed E-state index contributed by atoms with van der Waals surface area (Å²) < 4.78 is 5.59. The molecule has 0 amide bonds. The van der Waals surface area contributed by atoms with Crippen molar-refractivity contribution in [1.29, 1.82) is 0 Å². The van der Waals surface area contributed by atoms with Gasteiger partial charge in [0.1, 0.15) is 0 Å². The van der Waals surface area contributed by atoms with Gasteiger partial charge in [-0.1, -0.05) is 6.42 Å². The Morgan fingerprint density at radius 3 is 2.73 bits per heavy atom. The minimum atomic E-state index is 0.573. The van der Waals surface area contributed by atoms with E-state index in [1.165, 1.54) is 25.8 Å². The molecule has 2 aliphatic rings. The number of rotatable bonds is 4. The van der Waals surface area contributed by atoms with Gasteiger partial charge in [-0.25, -0.2) is 0 Å². The van der Waals surface area contributed by atoms with Crippen LogP contribution in [0.1, 0.15) is 25.7 Å². The van der Waals surface area contributed by atoms with Crippen LogP contribution in [0.5, 0.6) is 0 Å². The molecule has 1 heterocycles. The summed E-state index contributed by atoms with van der Waals surface area (Å²) in [6, 6.07) is 1.19. The van der Waals surface area contributed by atoms with E-state index in [0.29, 0.717) is 12.1 Å². The maximum atomic E-state index is 5.59. The first-order valence-corrected chi connectivity index (χ1v) is 6.26. The van der Waals surface area contributed by atoms with Crippen LogP contribution in [0, 0.1) is 5.92 Å². The van der Waals surface area contributed by atoms with Gasteiger partial charge in [-0.3, -0.25) is 4.90 Å². The van der Waals surface area contributed by atoms with Crippen molar-refractivity contribution < 1.29 is 4.74 Å². The fourth-order valence-corrected chi connectivity index (χ4v) is 2.71. The molecule has 88 valence electrons. The zero-order chi connectivity index (χ0) is 10.7. The number of ether oxygens (including phenoxy) is 1. The molecule has 0 aromatic heterocycles. The third-order valence-corrected chi connectivity index (χ3v) is 4.03. The SMILES string of the molecule is CNC1CCOCC1N(C)CC1CCC1. The normalized spacial score (nSPS) is 33.0. The minimum Gasteiger partial charge on any atom is -0.380 e. The van der Waals surface area contributed by atoms with Crippen LogP contribution in [0.15, 0.2) is 0 Å². The van der Waals surface area contributed by atoms with Crippen molar-refractivity contribution in [3.63, 3.8) is 0 Å². The topological polar surface area (TPSA) is 24.5 Å². The van der Waals surface area contributed by atoms with E-state index < -0.39 is 0 Å². The molecule has 15 heavy (non-hydrogen) atoms. The van der Waals surface area contributed by atoms with Crippen LogP contribution in [0.3, 0.4) is 0 Å². The molecule has 3 nitrogen and oxygen atoms in total. The highest BCUT2D eigenvalue weighted by atomic mass is 16.5. The van der Waals surface area contributed by atoms with E-state index in [-0.39, 0.29) is 0 Å². The van der Waals surface area contributed by atoms with Crippen molar-refractivity contribution in [2.75, 3.05) is 33.9 Å². The monoisotopic (exact) mass is 212 g/mol. The van der Waals surface area contributed by atoms with E-state index in [2.05, 4.69) is 24.3 Å². The van der Waals surface area contributed by atoms with Crippen molar-refractivity contribution in [3.05, 3.63) is 0 Å². The molecule has 3 heteroatoms. The first-order valence-electron chi connectivity index (χ1n) is 6.26. The molecule has 2 unspecified atom stereocenters. The fourth-order valence-electron chi connectivity index (χ4n) is 2.71. The predicted octanol–water partition coefficient (Wildman–Crippen LogP) is 1.10. The van der Waals surface area contributed by atoms with Crippen LogP contribution in [0.2, 0.25) is 0 Å². The molecule has 2 fully saturated rings. The summed E-state index contributed by atoms with van der Waals surface area (Å²) in [7, 11) is 4.32. The Morgan fingerprint density at radius 1 is 1.33 bits per heavy atom. The van der Waals surface area contributed by atoms with Crippen molar-refractivity contribution >= 4 is 0 Å². The van der Waals surface area contributed by atoms with Gasteiger partial charge in [0.25, 0.3) is 0 Å². The highest BCUT2D eigenvalue weighted by Gasteiger charge is 2.30. The molecule has 1 N–H and O–H groups in total. The van der Waals surface area contributed by atoms with Gasteiger partial charge in [-0.2, -0.15) is 0 Å². The van der Waals surface area contributed by atoms with E-state index in [9.17, 15) is 0 Å². The van der Waals surface area contributed by atoms with E-state index in [1.54, 1.807) is 0 Å². The fraction of sp³-hybridized carbons (Fsp3) is 1.00. The first kappa shape index (κ1) is 11.4. The minimum absolute atomic E-state index is 0.573. The molecule has 0 aromatic carbocycles. The van der Waals surface area contributed by atoms with Gasteiger partial charge >= 0.3 is 0 Å². The maximum Gasteiger partial charge on any atom is 0.0636 e. The molecule has 1 saturated heterocycles. The molecule has 0 spiro atoms. The standard InChI is InChI=1S/C12H24N2O/c1-13-11-6-7-15-9-12(11)14(2)8-10-4-3-5-10/h10-13H,3-9H2,1-2H3. The second-order valence-electron chi connectivity index (χ2n) is 5.06. The number of hydrogen-bond donors (Lipinski definition) is 1. The van der Waals surface area contributed by atoms with Crippen LogP contribution in [-0.2, 0) is 4.74 Å². The number of nitrogens with zero attached hydrogens (tertiary/aromatic N) is 1. The molecule has 1 aliphatic heterocycles. The lowest BCUT2D eigenvalue weighted by Gasteiger charge is -2.40. The third kappa shape index (κ3) is 2.71. The predicted molar refractivity (Wildman–Crippen MR) is 62.0 cm³/mol. The summed E-state index contributed by atoms with van der Waals surface area (Å²) >= 11 is 0. The highest BCUT2D eigenvalue weighted by molar-refractivity contribution is 4.87. The zero-order valence-corrected chi connectivity index (χ0v) is 10.0. The molecular formula is C12H24N2O. The van der Waals surface area contributed by atoms with Gasteiger partial charge in [0.05, 0.1) is 6.61 Å². The highest BCUT2D eigenvalue weighted by Crippen LogP contribution is 2.28. The summed E-state index contributed by atoms with van der Waals surface area (Å²) in [5.74, 6) is 0.953. The molecule has 0 aromatic rings.